The lowest BCUT2D eigenvalue weighted by Crippen LogP contribution is -2.46. The average molecular weight is 156 g/mol. The molecule has 0 fully saturated rings. The lowest BCUT2D eigenvalue weighted by Gasteiger charge is -2.24. The van der Waals surface area contributed by atoms with Gasteiger partial charge in [0.25, 0.3) is 0 Å². The molecule has 0 saturated heterocycles. The van der Waals surface area contributed by atoms with Crippen LogP contribution in [-0.2, 0) is 4.79 Å². The highest BCUT2D eigenvalue weighted by molar-refractivity contribution is 5.87. The van der Waals surface area contributed by atoms with Crippen LogP contribution < -0.4 is 5.32 Å². The maximum atomic E-state index is 10.8. The monoisotopic (exact) mass is 156 g/mol. The van der Waals surface area contributed by atoms with Crippen molar-refractivity contribution in [3.63, 3.8) is 0 Å². The topological polar surface area (TPSA) is 69.6 Å². The molecule has 5 nitrogen and oxygen atoms in total. The van der Waals surface area contributed by atoms with Crippen molar-refractivity contribution in [2.24, 2.45) is 0 Å². The number of carboxylic acid groups (broad SMARTS) is 1. The number of nitrogens with one attached hydrogen (secondary N) is 1. The first-order valence-corrected chi connectivity index (χ1v) is 3.11. The molecular formula is C6H8N2O3. The van der Waals surface area contributed by atoms with Gasteiger partial charge in [-0.05, 0) is 6.92 Å². The van der Waals surface area contributed by atoms with E-state index in [0.29, 0.717) is 0 Å². The molecule has 0 radical (unpaired) electrons. The number of hydrogen-bond acceptors (Lipinski definition) is 2. The van der Waals surface area contributed by atoms with E-state index in [0.717, 1.165) is 4.90 Å². The predicted molar refractivity (Wildman–Crippen MR) is 36.6 cm³/mol. The molecule has 0 bridgehead atoms. The molecule has 0 aromatic rings. The van der Waals surface area contributed by atoms with E-state index in [9.17, 15) is 9.59 Å². The van der Waals surface area contributed by atoms with Gasteiger partial charge in [0.1, 0.15) is 6.04 Å². The van der Waals surface area contributed by atoms with Crippen molar-refractivity contribution in [2.75, 3.05) is 0 Å². The number of hydrogen-bond donors (Lipinski definition) is 2. The Labute approximate surface area is 63.3 Å². The van der Waals surface area contributed by atoms with E-state index in [2.05, 4.69) is 5.32 Å². The second kappa shape index (κ2) is 2.61. The minimum atomic E-state index is -1.12. The third kappa shape index (κ3) is 1.31. The molecule has 0 aliphatic carbocycles. The molecule has 0 saturated carbocycles. The highest BCUT2D eigenvalue weighted by Crippen LogP contribution is 2.04. The Morgan fingerprint density at radius 2 is 2.45 bits per heavy atom. The largest absolute Gasteiger partial charge is 0.465 e. The Balaban J connectivity index is 2.80. The first-order chi connectivity index (χ1) is 5.13. The van der Waals surface area contributed by atoms with Crippen LogP contribution in [0.25, 0.3) is 0 Å². The van der Waals surface area contributed by atoms with Gasteiger partial charge in [-0.25, -0.2) is 4.79 Å². The third-order valence-electron chi connectivity index (χ3n) is 1.48. The summed E-state index contributed by atoms with van der Waals surface area (Å²) in [5, 5.41) is 10.9. The minimum absolute atomic E-state index is 0.310. The van der Waals surface area contributed by atoms with Crippen molar-refractivity contribution in [1.82, 2.24) is 10.2 Å². The van der Waals surface area contributed by atoms with Crippen molar-refractivity contribution in [2.45, 2.75) is 13.0 Å². The maximum Gasteiger partial charge on any atom is 0.412 e. The fourth-order valence-corrected chi connectivity index (χ4v) is 0.805. The number of amides is 2. The lowest BCUT2D eigenvalue weighted by molar-refractivity contribution is -0.124. The van der Waals surface area contributed by atoms with Crippen molar-refractivity contribution < 1.29 is 14.7 Å². The highest BCUT2D eigenvalue weighted by Gasteiger charge is 2.25. The molecule has 2 amide bonds. The summed E-state index contributed by atoms with van der Waals surface area (Å²) in [6.07, 6.45) is 1.49. The zero-order valence-electron chi connectivity index (χ0n) is 5.94. The fourth-order valence-electron chi connectivity index (χ4n) is 0.805. The van der Waals surface area contributed by atoms with Gasteiger partial charge in [0.2, 0.25) is 5.91 Å². The van der Waals surface area contributed by atoms with Crippen LogP contribution in [0.3, 0.4) is 0 Å². The summed E-state index contributed by atoms with van der Waals surface area (Å²) in [6, 6.07) is -0.641. The summed E-state index contributed by atoms with van der Waals surface area (Å²) < 4.78 is 0. The first-order valence-electron chi connectivity index (χ1n) is 3.11. The van der Waals surface area contributed by atoms with Crippen LogP contribution in [0.4, 0.5) is 4.79 Å². The quantitative estimate of drug-likeness (QED) is 0.516. The number of carbonyl (C=O) groups is 2. The van der Waals surface area contributed by atoms with E-state index in [1.165, 1.54) is 19.3 Å². The Kier molecular flexibility index (Phi) is 1.80. The normalized spacial score (nSPS) is 23.2. The van der Waals surface area contributed by atoms with Crippen molar-refractivity contribution in [3.8, 4) is 0 Å². The Bertz CT molecular complexity index is 224. The zero-order valence-corrected chi connectivity index (χ0v) is 5.94. The van der Waals surface area contributed by atoms with E-state index in [1.54, 1.807) is 0 Å². The van der Waals surface area contributed by atoms with Crippen LogP contribution in [0, 0.1) is 0 Å². The van der Waals surface area contributed by atoms with Crippen LogP contribution in [0.5, 0.6) is 0 Å². The third-order valence-corrected chi connectivity index (χ3v) is 1.48. The molecule has 0 aromatic carbocycles. The summed E-state index contributed by atoms with van der Waals surface area (Å²) in [7, 11) is 0. The maximum absolute atomic E-state index is 10.8. The fraction of sp³-hybridized carbons (Fsp3) is 0.333. The molecule has 5 heteroatoms. The summed E-state index contributed by atoms with van der Waals surface area (Å²) in [4.78, 5) is 22.2. The van der Waals surface area contributed by atoms with E-state index in [4.69, 9.17) is 5.11 Å². The van der Waals surface area contributed by atoms with Crippen LogP contribution >= 0.6 is 0 Å². The standard InChI is InChI=1S/C6H8N2O3/c1-4-5(9)7-2-3-8(4)6(10)11/h2-4H,1H3,(H,7,9)(H,10,11)/t4-/m1/s1. The number of rotatable bonds is 0. The molecule has 1 heterocycles. The smallest absolute Gasteiger partial charge is 0.412 e. The lowest BCUT2D eigenvalue weighted by atomic mass is 10.2. The van der Waals surface area contributed by atoms with Crippen LogP contribution in [0.15, 0.2) is 12.4 Å². The van der Waals surface area contributed by atoms with Gasteiger partial charge in [0.05, 0.1) is 0 Å². The van der Waals surface area contributed by atoms with Gasteiger partial charge in [-0.3, -0.25) is 9.69 Å². The summed E-state index contributed by atoms with van der Waals surface area (Å²) in [6.45, 7) is 1.52. The van der Waals surface area contributed by atoms with E-state index in [-0.39, 0.29) is 5.91 Å². The number of nitrogens with zero attached hydrogens (tertiary/aromatic N) is 1. The minimum Gasteiger partial charge on any atom is -0.465 e. The molecule has 60 valence electrons. The molecule has 1 aliphatic heterocycles. The van der Waals surface area contributed by atoms with Crippen LogP contribution in [0.1, 0.15) is 6.92 Å². The van der Waals surface area contributed by atoms with Crippen molar-refractivity contribution in [1.29, 1.82) is 0 Å². The predicted octanol–water partition coefficient (Wildman–Crippen LogP) is -0.0441. The summed E-state index contributed by atoms with van der Waals surface area (Å²) in [5.74, 6) is -0.310. The molecule has 0 aromatic heterocycles. The highest BCUT2D eigenvalue weighted by atomic mass is 16.4. The molecule has 1 rings (SSSR count). The molecule has 0 unspecified atom stereocenters. The van der Waals surface area contributed by atoms with Gasteiger partial charge in [-0.2, -0.15) is 0 Å². The Morgan fingerprint density at radius 1 is 1.82 bits per heavy atom. The summed E-state index contributed by atoms with van der Waals surface area (Å²) >= 11 is 0. The zero-order chi connectivity index (χ0) is 8.43. The Hall–Kier alpha value is -1.52. The molecule has 2 N–H and O–H groups in total. The molecule has 0 spiro atoms. The average Bonchev–Trinajstić information content (AvgIpc) is 1.94. The molecule has 11 heavy (non-hydrogen) atoms. The van der Waals surface area contributed by atoms with Gasteiger partial charge in [-0.1, -0.05) is 0 Å². The van der Waals surface area contributed by atoms with Crippen LogP contribution in [0.2, 0.25) is 0 Å². The summed E-state index contributed by atoms with van der Waals surface area (Å²) in [5.41, 5.74) is 0. The number of carbonyl (C=O) groups excluding carboxylic acids is 1. The Morgan fingerprint density at radius 3 is 2.91 bits per heavy atom. The van der Waals surface area contributed by atoms with Crippen LogP contribution in [-0.4, -0.2) is 28.0 Å². The van der Waals surface area contributed by atoms with E-state index < -0.39 is 12.1 Å². The first kappa shape index (κ1) is 7.59. The van der Waals surface area contributed by atoms with Gasteiger partial charge in [0.15, 0.2) is 0 Å². The van der Waals surface area contributed by atoms with E-state index in [1.807, 2.05) is 0 Å². The SMILES string of the molecule is C[C@@H]1C(=O)NC=CN1C(=O)O. The molecular weight excluding hydrogens is 148 g/mol. The van der Waals surface area contributed by atoms with Gasteiger partial charge < -0.3 is 10.4 Å². The second-order valence-corrected chi connectivity index (χ2v) is 2.19. The van der Waals surface area contributed by atoms with Gasteiger partial charge in [-0.15, -0.1) is 0 Å². The van der Waals surface area contributed by atoms with Gasteiger partial charge in [0, 0.05) is 12.4 Å². The molecule has 1 aliphatic rings. The van der Waals surface area contributed by atoms with E-state index >= 15 is 0 Å². The van der Waals surface area contributed by atoms with Crippen molar-refractivity contribution in [3.05, 3.63) is 12.4 Å². The van der Waals surface area contributed by atoms with Crippen molar-refractivity contribution >= 4 is 12.0 Å². The van der Waals surface area contributed by atoms with Gasteiger partial charge >= 0.3 is 6.09 Å². The second-order valence-electron chi connectivity index (χ2n) is 2.19. The molecule has 1 atom stereocenters.